The number of para-hydroxylation sites is 2. The molecule has 0 atom stereocenters. The maximum absolute atomic E-state index is 2.49. The molecule has 1 heteroatoms. The lowest BCUT2D eigenvalue weighted by Gasteiger charge is -2.28. The average molecular weight is 756 g/mol. The largest absolute Gasteiger partial charge is 0.310 e. The summed E-state index contributed by atoms with van der Waals surface area (Å²) in [4.78, 5) is 2.41. The Morgan fingerprint density at radius 3 is 1.07 bits per heavy atom. The first-order valence-electron chi connectivity index (χ1n) is 21.1. The van der Waals surface area contributed by atoms with Crippen molar-refractivity contribution >= 4 is 17.1 Å². The molecule has 0 N–H and O–H groups in total. The van der Waals surface area contributed by atoms with E-state index < -0.39 is 0 Å². The van der Waals surface area contributed by atoms with Gasteiger partial charge in [-0.3, -0.25) is 0 Å². The minimum Gasteiger partial charge on any atom is -0.310 e. The number of hydrogen-bond donors (Lipinski definition) is 0. The minimum absolute atomic E-state index is 0.0906. The third kappa shape index (κ3) is 6.05. The maximum Gasteiger partial charge on any atom is 0.0474 e. The first-order valence-corrected chi connectivity index (χ1v) is 21.1. The molecule has 7 aromatic rings. The molecule has 7 aromatic carbocycles. The topological polar surface area (TPSA) is 3.24 Å². The molecule has 0 aliphatic heterocycles. The Morgan fingerprint density at radius 1 is 0.362 bits per heavy atom. The van der Waals surface area contributed by atoms with Crippen LogP contribution in [0, 0.1) is 6.92 Å². The van der Waals surface area contributed by atoms with E-state index in [-0.39, 0.29) is 21.7 Å². The van der Waals surface area contributed by atoms with E-state index in [1.807, 2.05) is 0 Å². The maximum atomic E-state index is 2.49. The van der Waals surface area contributed by atoms with Gasteiger partial charge in [-0.05, 0) is 150 Å². The quantitative estimate of drug-likeness (QED) is 0.169. The van der Waals surface area contributed by atoms with Crippen molar-refractivity contribution in [2.45, 2.75) is 97.8 Å². The first-order chi connectivity index (χ1) is 27.4. The lowest BCUT2D eigenvalue weighted by molar-refractivity contribution is 0.584. The van der Waals surface area contributed by atoms with E-state index in [4.69, 9.17) is 0 Å². The van der Waals surface area contributed by atoms with Crippen LogP contribution >= 0.6 is 0 Å². The summed E-state index contributed by atoms with van der Waals surface area (Å²) in [5.41, 5.74) is 23.5. The fourth-order valence-corrected chi connectivity index (χ4v) is 9.77. The number of anilines is 3. The molecule has 0 bridgehead atoms. The van der Waals surface area contributed by atoms with E-state index in [1.165, 1.54) is 83.5 Å². The summed E-state index contributed by atoms with van der Waals surface area (Å²) < 4.78 is 0. The Balaban J connectivity index is 1.25. The zero-order valence-electron chi connectivity index (χ0n) is 36.3. The highest BCUT2D eigenvalue weighted by Gasteiger charge is 2.38. The summed E-state index contributed by atoms with van der Waals surface area (Å²) in [6, 6.07) is 55.3. The molecule has 0 saturated heterocycles. The summed E-state index contributed by atoms with van der Waals surface area (Å²) in [7, 11) is 0. The van der Waals surface area contributed by atoms with Crippen LogP contribution < -0.4 is 4.90 Å². The van der Waals surface area contributed by atoms with Crippen molar-refractivity contribution in [2.75, 3.05) is 4.90 Å². The number of hydrogen-bond acceptors (Lipinski definition) is 1. The third-order valence-electron chi connectivity index (χ3n) is 13.4. The highest BCUT2D eigenvalue weighted by atomic mass is 15.1. The van der Waals surface area contributed by atoms with Gasteiger partial charge in [0, 0.05) is 27.9 Å². The Morgan fingerprint density at radius 2 is 0.707 bits per heavy atom. The SMILES string of the molecule is Cc1c(-c2ccc3c(c2)C(C)(C)c2cc(C(C)(C)C)ccc2-3)cc(N(c2ccccc2)c2ccccc2)cc1-c1ccc2c(c1)C(C)(C)c1cc(C(C)(C)C)ccc1-2. The van der Waals surface area contributed by atoms with Gasteiger partial charge >= 0.3 is 0 Å². The number of rotatable bonds is 5. The van der Waals surface area contributed by atoms with Crippen LogP contribution in [0.3, 0.4) is 0 Å². The summed E-state index contributed by atoms with van der Waals surface area (Å²) in [6.45, 7) is 25.8. The molecule has 2 aliphatic rings. The second-order valence-electron chi connectivity index (χ2n) is 20.0. The predicted octanol–water partition coefficient (Wildman–Crippen LogP) is 16.0. The Hall–Kier alpha value is -5.66. The molecule has 0 radical (unpaired) electrons. The molecule has 0 unspecified atom stereocenters. The van der Waals surface area contributed by atoms with Gasteiger partial charge in [0.2, 0.25) is 0 Å². The van der Waals surface area contributed by atoms with E-state index in [0.29, 0.717) is 0 Å². The lowest BCUT2D eigenvalue weighted by atomic mass is 9.78. The van der Waals surface area contributed by atoms with Gasteiger partial charge in [-0.25, -0.2) is 0 Å². The minimum atomic E-state index is -0.121. The molecule has 58 heavy (non-hydrogen) atoms. The van der Waals surface area contributed by atoms with Crippen LogP contribution in [0.25, 0.3) is 44.5 Å². The van der Waals surface area contributed by atoms with Gasteiger partial charge in [0.05, 0.1) is 0 Å². The molecule has 0 aromatic heterocycles. The number of benzene rings is 7. The normalized spacial score (nSPS) is 14.7. The van der Waals surface area contributed by atoms with Gasteiger partial charge in [-0.15, -0.1) is 0 Å². The lowest BCUT2D eigenvalue weighted by Crippen LogP contribution is -2.17. The van der Waals surface area contributed by atoms with Crippen LogP contribution in [0.15, 0.2) is 146 Å². The van der Waals surface area contributed by atoms with Crippen molar-refractivity contribution in [3.63, 3.8) is 0 Å². The molecule has 1 nitrogen and oxygen atoms in total. The highest BCUT2D eigenvalue weighted by Crippen LogP contribution is 2.53. The van der Waals surface area contributed by atoms with Crippen LogP contribution in [-0.2, 0) is 21.7 Å². The van der Waals surface area contributed by atoms with Gasteiger partial charge in [-0.1, -0.05) is 166 Å². The van der Waals surface area contributed by atoms with E-state index in [0.717, 1.165) is 17.1 Å². The molecule has 2 aliphatic carbocycles. The molecular weight excluding hydrogens is 699 g/mol. The fraction of sp³-hybridized carbons (Fsp3) is 0.263. The van der Waals surface area contributed by atoms with Gasteiger partial charge in [-0.2, -0.15) is 0 Å². The van der Waals surface area contributed by atoms with Gasteiger partial charge in [0.1, 0.15) is 0 Å². The second-order valence-corrected chi connectivity index (χ2v) is 20.0. The van der Waals surface area contributed by atoms with Crippen molar-refractivity contribution in [3.8, 4) is 44.5 Å². The third-order valence-corrected chi connectivity index (χ3v) is 13.4. The van der Waals surface area contributed by atoms with Gasteiger partial charge in [0.15, 0.2) is 0 Å². The monoisotopic (exact) mass is 755 g/mol. The summed E-state index contributed by atoms with van der Waals surface area (Å²) in [5.74, 6) is 0. The molecular formula is C57H57N. The predicted molar refractivity (Wildman–Crippen MR) is 249 cm³/mol. The van der Waals surface area contributed by atoms with Crippen LogP contribution in [0.2, 0.25) is 0 Å². The van der Waals surface area contributed by atoms with E-state index in [9.17, 15) is 0 Å². The smallest absolute Gasteiger partial charge is 0.0474 e. The van der Waals surface area contributed by atoms with Crippen molar-refractivity contribution in [1.82, 2.24) is 0 Å². The molecule has 9 rings (SSSR count). The molecule has 0 spiro atoms. The van der Waals surface area contributed by atoms with Crippen molar-refractivity contribution in [2.24, 2.45) is 0 Å². The molecule has 0 heterocycles. The zero-order chi connectivity index (χ0) is 40.9. The highest BCUT2D eigenvalue weighted by molar-refractivity contribution is 5.91. The van der Waals surface area contributed by atoms with Crippen LogP contribution in [0.4, 0.5) is 17.1 Å². The van der Waals surface area contributed by atoms with Crippen LogP contribution in [0.1, 0.15) is 108 Å². The molecule has 0 amide bonds. The number of nitrogens with zero attached hydrogens (tertiary/aromatic N) is 1. The second kappa shape index (κ2) is 13.2. The summed E-state index contributed by atoms with van der Waals surface area (Å²) >= 11 is 0. The summed E-state index contributed by atoms with van der Waals surface area (Å²) in [5, 5.41) is 0. The van der Waals surface area contributed by atoms with Gasteiger partial charge in [0.25, 0.3) is 0 Å². The van der Waals surface area contributed by atoms with Crippen molar-refractivity contribution < 1.29 is 0 Å². The van der Waals surface area contributed by atoms with Gasteiger partial charge < -0.3 is 4.90 Å². The molecule has 0 fully saturated rings. The van der Waals surface area contributed by atoms with Crippen molar-refractivity contribution in [1.29, 1.82) is 0 Å². The first kappa shape index (κ1) is 37.9. The van der Waals surface area contributed by atoms with Crippen LogP contribution in [-0.4, -0.2) is 0 Å². The standard InChI is InChI=1S/C57H57N/c1-36-48(37-22-26-44-46-28-24-39(54(2,3)4)32-52(46)56(8,9)50(44)30-37)34-43(58(41-18-14-12-15-19-41)42-20-16-13-17-21-42)35-49(36)38-23-27-45-47-29-25-40(55(5,6)7)33-53(47)57(10,11)51(45)31-38/h12-35H,1-11H3. The molecule has 290 valence electrons. The summed E-state index contributed by atoms with van der Waals surface area (Å²) in [6.07, 6.45) is 0. The Kier molecular flexibility index (Phi) is 8.61. The Labute approximate surface area is 347 Å². The molecule has 0 saturated carbocycles. The van der Waals surface area contributed by atoms with E-state index in [2.05, 4.69) is 227 Å². The Bertz CT molecular complexity index is 2550. The zero-order valence-corrected chi connectivity index (χ0v) is 36.3. The van der Waals surface area contributed by atoms with Crippen molar-refractivity contribution in [3.05, 3.63) is 185 Å². The van der Waals surface area contributed by atoms with E-state index in [1.54, 1.807) is 0 Å². The fourth-order valence-electron chi connectivity index (χ4n) is 9.77. The number of fused-ring (bicyclic) bond motifs is 6. The van der Waals surface area contributed by atoms with Crippen LogP contribution in [0.5, 0.6) is 0 Å². The van der Waals surface area contributed by atoms with E-state index >= 15 is 0 Å². The average Bonchev–Trinajstić information content (AvgIpc) is 3.56.